The zero-order valence-corrected chi connectivity index (χ0v) is 11.6. The smallest absolute Gasteiger partial charge is 0.263 e. The molecule has 0 bridgehead atoms. The van der Waals surface area contributed by atoms with E-state index in [1.54, 1.807) is 0 Å². The number of halogens is 1. The Morgan fingerprint density at radius 3 is 2.63 bits per heavy atom. The van der Waals surface area contributed by atoms with Gasteiger partial charge in [0.2, 0.25) is 0 Å². The van der Waals surface area contributed by atoms with Gasteiger partial charge in [-0.25, -0.2) is 9.48 Å². The van der Waals surface area contributed by atoms with Crippen LogP contribution in [0.5, 0.6) is 0 Å². The summed E-state index contributed by atoms with van der Waals surface area (Å²) in [5.74, 6) is 5.36. The lowest BCUT2D eigenvalue weighted by molar-refractivity contribution is 0.663. The Kier molecular flexibility index (Phi) is 3.89. The molecular weight excluding hydrogens is 306 g/mol. The van der Waals surface area contributed by atoms with Crippen LogP contribution in [0.25, 0.3) is 11.4 Å². The molecule has 0 amide bonds. The van der Waals surface area contributed by atoms with Gasteiger partial charge in [0, 0.05) is 10.0 Å². The molecule has 1 aromatic heterocycles. The van der Waals surface area contributed by atoms with Crippen molar-refractivity contribution in [3.8, 4) is 36.1 Å². The second-order valence-electron chi connectivity index (χ2n) is 3.77. The molecule has 0 saturated carbocycles. The summed E-state index contributed by atoms with van der Waals surface area (Å²) in [5, 5.41) is 4.24. The third-order valence-electron chi connectivity index (χ3n) is 2.50. The minimum Gasteiger partial charge on any atom is -0.263 e. The lowest BCUT2D eigenvalue weighted by atomic mass is 10.2. The van der Waals surface area contributed by atoms with Gasteiger partial charge in [0.15, 0.2) is 5.82 Å². The number of hydrogen-bond donors (Lipinski definition) is 0. The van der Waals surface area contributed by atoms with Crippen molar-refractivity contribution in [1.29, 1.82) is 0 Å². The largest absolute Gasteiger partial charge is 0.347 e. The lowest BCUT2D eigenvalue weighted by Gasteiger charge is -2.01. The van der Waals surface area contributed by atoms with Crippen molar-refractivity contribution in [3.05, 3.63) is 39.2 Å². The van der Waals surface area contributed by atoms with Gasteiger partial charge in [0.1, 0.15) is 6.54 Å². The maximum absolute atomic E-state index is 12.1. The first kappa shape index (κ1) is 13.2. The Bertz CT molecular complexity index is 743. The molecule has 4 nitrogen and oxygen atoms in total. The van der Waals surface area contributed by atoms with Crippen molar-refractivity contribution in [2.75, 3.05) is 0 Å². The fraction of sp³-hybridized carbons (Fsp3) is 0.143. The number of rotatable bonds is 3. The molecule has 1 heterocycles. The first-order valence-corrected chi connectivity index (χ1v) is 6.27. The maximum atomic E-state index is 12.1. The second kappa shape index (κ2) is 5.60. The van der Waals surface area contributed by atoms with Gasteiger partial charge in [-0.3, -0.25) is 4.57 Å². The zero-order chi connectivity index (χ0) is 13.8. The molecule has 19 heavy (non-hydrogen) atoms. The van der Waals surface area contributed by atoms with E-state index in [1.807, 2.05) is 24.3 Å². The third kappa shape index (κ3) is 2.62. The summed E-state index contributed by atoms with van der Waals surface area (Å²) in [4.78, 5) is 12.1. The van der Waals surface area contributed by atoms with Crippen molar-refractivity contribution < 1.29 is 0 Å². The van der Waals surface area contributed by atoms with Crippen molar-refractivity contribution in [3.63, 3.8) is 0 Å². The standard InChI is InChI=1S/C14H10BrN3O/c1-3-8-17-13(11-6-5-7-12(15)10-11)16-18(9-4-2)14(17)19/h1-2,5-7,10H,8-9H2. The predicted molar refractivity (Wildman–Crippen MR) is 77.3 cm³/mol. The number of nitrogens with zero attached hydrogens (tertiary/aromatic N) is 3. The highest BCUT2D eigenvalue weighted by molar-refractivity contribution is 9.10. The van der Waals surface area contributed by atoms with Gasteiger partial charge in [-0.15, -0.1) is 17.9 Å². The van der Waals surface area contributed by atoms with E-state index >= 15 is 0 Å². The van der Waals surface area contributed by atoms with Crippen LogP contribution in [0.1, 0.15) is 0 Å². The number of terminal acetylenes is 2. The van der Waals surface area contributed by atoms with E-state index in [2.05, 4.69) is 32.9 Å². The van der Waals surface area contributed by atoms with Crippen LogP contribution in [0.15, 0.2) is 33.5 Å². The van der Waals surface area contributed by atoms with Gasteiger partial charge in [-0.1, -0.05) is 39.9 Å². The molecule has 0 radical (unpaired) electrons. The molecule has 0 atom stereocenters. The molecular formula is C14H10BrN3O. The van der Waals surface area contributed by atoms with Gasteiger partial charge in [-0.2, -0.15) is 0 Å². The molecule has 2 aromatic rings. The first-order valence-electron chi connectivity index (χ1n) is 5.48. The predicted octanol–water partition coefficient (Wildman–Crippen LogP) is 1.74. The molecule has 94 valence electrons. The Labute approximate surface area is 119 Å². The number of hydrogen-bond acceptors (Lipinski definition) is 2. The topological polar surface area (TPSA) is 39.8 Å². The molecule has 1 aromatic carbocycles. The summed E-state index contributed by atoms with van der Waals surface area (Å²) in [6.07, 6.45) is 10.5. The third-order valence-corrected chi connectivity index (χ3v) is 2.99. The van der Waals surface area contributed by atoms with E-state index in [0.29, 0.717) is 5.82 Å². The molecule has 0 unspecified atom stereocenters. The van der Waals surface area contributed by atoms with Crippen LogP contribution >= 0.6 is 15.9 Å². The molecule has 0 fully saturated rings. The van der Waals surface area contributed by atoms with Gasteiger partial charge < -0.3 is 0 Å². The molecule has 0 N–H and O–H groups in total. The molecule has 2 rings (SSSR count). The van der Waals surface area contributed by atoms with Gasteiger partial charge in [-0.05, 0) is 12.1 Å². The van der Waals surface area contributed by atoms with E-state index < -0.39 is 0 Å². The van der Waals surface area contributed by atoms with Gasteiger partial charge in [0.25, 0.3) is 0 Å². The summed E-state index contributed by atoms with van der Waals surface area (Å²) in [7, 11) is 0. The molecule has 5 heteroatoms. The van der Waals surface area contributed by atoms with E-state index in [4.69, 9.17) is 12.8 Å². The van der Waals surface area contributed by atoms with Crippen LogP contribution in [-0.4, -0.2) is 14.3 Å². The minimum absolute atomic E-state index is 0.122. The monoisotopic (exact) mass is 315 g/mol. The normalized spacial score (nSPS) is 9.84. The zero-order valence-electron chi connectivity index (χ0n) is 10.0. The highest BCUT2D eigenvalue weighted by Gasteiger charge is 2.13. The summed E-state index contributed by atoms with van der Waals surface area (Å²) >= 11 is 3.38. The quantitative estimate of drug-likeness (QED) is 0.809. The van der Waals surface area contributed by atoms with Crippen molar-refractivity contribution in [2.24, 2.45) is 0 Å². The Morgan fingerprint density at radius 1 is 1.26 bits per heavy atom. The first-order chi connectivity index (χ1) is 9.17. The van der Waals surface area contributed by atoms with Crippen molar-refractivity contribution in [2.45, 2.75) is 13.1 Å². The Balaban J connectivity index is 2.63. The minimum atomic E-state index is -0.300. The molecule has 0 aliphatic carbocycles. The van der Waals surface area contributed by atoms with Crippen LogP contribution in [0.3, 0.4) is 0 Å². The average molecular weight is 316 g/mol. The van der Waals surface area contributed by atoms with E-state index in [1.165, 1.54) is 9.25 Å². The number of aromatic nitrogens is 3. The van der Waals surface area contributed by atoms with Crippen LogP contribution in [0.2, 0.25) is 0 Å². The molecule has 0 aliphatic rings. The van der Waals surface area contributed by atoms with Gasteiger partial charge in [0.05, 0.1) is 6.54 Å². The molecule has 0 spiro atoms. The van der Waals surface area contributed by atoms with Crippen LogP contribution in [0.4, 0.5) is 0 Å². The van der Waals surface area contributed by atoms with Crippen LogP contribution in [-0.2, 0) is 13.1 Å². The maximum Gasteiger partial charge on any atom is 0.347 e. The summed E-state index contributed by atoms with van der Waals surface area (Å²) in [5.41, 5.74) is 0.503. The summed E-state index contributed by atoms with van der Waals surface area (Å²) in [6, 6.07) is 7.49. The second-order valence-corrected chi connectivity index (χ2v) is 4.68. The van der Waals surface area contributed by atoms with Crippen LogP contribution in [0, 0.1) is 24.7 Å². The summed E-state index contributed by atoms with van der Waals surface area (Å²) < 4.78 is 3.56. The fourth-order valence-corrected chi connectivity index (χ4v) is 2.10. The van der Waals surface area contributed by atoms with Crippen molar-refractivity contribution >= 4 is 15.9 Å². The van der Waals surface area contributed by atoms with E-state index in [0.717, 1.165) is 10.0 Å². The van der Waals surface area contributed by atoms with Gasteiger partial charge >= 0.3 is 5.69 Å². The highest BCUT2D eigenvalue weighted by atomic mass is 79.9. The Hall–Kier alpha value is -2.24. The SMILES string of the molecule is C#CCn1nc(-c2cccc(Br)c2)n(CC#C)c1=O. The fourth-order valence-electron chi connectivity index (χ4n) is 1.71. The number of benzene rings is 1. The highest BCUT2D eigenvalue weighted by Crippen LogP contribution is 2.20. The molecule has 0 aliphatic heterocycles. The Morgan fingerprint density at radius 2 is 2.00 bits per heavy atom. The van der Waals surface area contributed by atoms with Crippen molar-refractivity contribution in [1.82, 2.24) is 14.3 Å². The lowest BCUT2D eigenvalue weighted by Crippen LogP contribution is -2.24. The molecule has 0 saturated heterocycles. The van der Waals surface area contributed by atoms with Crippen LogP contribution < -0.4 is 5.69 Å². The van der Waals surface area contributed by atoms with E-state index in [9.17, 15) is 4.79 Å². The van der Waals surface area contributed by atoms with E-state index in [-0.39, 0.29) is 18.8 Å². The summed E-state index contributed by atoms with van der Waals surface area (Å²) in [6.45, 7) is 0.280. The average Bonchev–Trinajstić information content (AvgIpc) is 2.69.